The van der Waals surface area contributed by atoms with E-state index in [0.29, 0.717) is 12.1 Å². The summed E-state index contributed by atoms with van der Waals surface area (Å²) in [6.07, 6.45) is 2.41. The van der Waals surface area contributed by atoms with Crippen molar-refractivity contribution in [1.82, 2.24) is 5.32 Å². The number of rotatable bonds is 5. The summed E-state index contributed by atoms with van der Waals surface area (Å²) in [5.41, 5.74) is 2.96. The molecular formula is C15H24N2. The van der Waals surface area contributed by atoms with Gasteiger partial charge in [-0.05, 0) is 24.5 Å². The minimum absolute atomic E-state index is 0.571. The molecule has 17 heavy (non-hydrogen) atoms. The molecule has 0 amide bonds. The first-order chi connectivity index (χ1) is 8.22. The highest BCUT2D eigenvalue weighted by atomic mass is 15.2. The molecule has 1 aromatic rings. The number of anilines is 1. The van der Waals surface area contributed by atoms with Gasteiger partial charge in [0.2, 0.25) is 0 Å². The van der Waals surface area contributed by atoms with Crippen molar-refractivity contribution in [3.63, 3.8) is 0 Å². The highest BCUT2D eigenvalue weighted by Gasteiger charge is 2.24. The lowest BCUT2D eigenvalue weighted by molar-refractivity contribution is 0.493. The van der Waals surface area contributed by atoms with Crippen molar-refractivity contribution in [3.8, 4) is 0 Å². The van der Waals surface area contributed by atoms with Gasteiger partial charge < -0.3 is 10.2 Å². The molecule has 0 aromatic heterocycles. The quantitative estimate of drug-likeness (QED) is 0.840. The van der Waals surface area contributed by atoms with Crippen LogP contribution in [0, 0.1) is 0 Å². The lowest BCUT2D eigenvalue weighted by Gasteiger charge is -2.30. The summed E-state index contributed by atoms with van der Waals surface area (Å²) in [7, 11) is 0. The fourth-order valence-electron chi connectivity index (χ4n) is 2.59. The molecule has 2 rings (SSSR count). The SMILES string of the molecule is CCC(CNC(C)C)N1CCc2ccccc21. The van der Waals surface area contributed by atoms with E-state index in [-0.39, 0.29) is 0 Å². The van der Waals surface area contributed by atoms with Crippen molar-refractivity contribution < 1.29 is 0 Å². The first kappa shape index (κ1) is 12.4. The van der Waals surface area contributed by atoms with E-state index in [4.69, 9.17) is 0 Å². The lowest BCUT2D eigenvalue weighted by Crippen LogP contribution is -2.43. The third kappa shape index (κ3) is 2.81. The van der Waals surface area contributed by atoms with Crippen LogP contribution >= 0.6 is 0 Å². The van der Waals surface area contributed by atoms with E-state index in [2.05, 4.69) is 55.3 Å². The highest BCUT2D eigenvalue weighted by molar-refractivity contribution is 5.58. The first-order valence-electron chi connectivity index (χ1n) is 6.80. The number of fused-ring (bicyclic) bond motifs is 1. The molecule has 0 bridgehead atoms. The van der Waals surface area contributed by atoms with E-state index >= 15 is 0 Å². The molecule has 0 saturated carbocycles. The van der Waals surface area contributed by atoms with Crippen molar-refractivity contribution in [2.75, 3.05) is 18.0 Å². The van der Waals surface area contributed by atoms with E-state index < -0.39 is 0 Å². The van der Waals surface area contributed by atoms with Gasteiger partial charge in [-0.25, -0.2) is 0 Å². The summed E-state index contributed by atoms with van der Waals surface area (Å²) in [6.45, 7) is 8.98. The first-order valence-corrected chi connectivity index (χ1v) is 6.80. The molecule has 2 heteroatoms. The van der Waals surface area contributed by atoms with E-state index in [1.807, 2.05) is 0 Å². The zero-order valence-corrected chi connectivity index (χ0v) is 11.2. The van der Waals surface area contributed by atoms with Crippen LogP contribution in [0.1, 0.15) is 32.8 Å². The number of benzene rings is 1. The van der Waals surface area contributed by atoms with Gasteiger partial charge in [0, 0.05) is 30.9 Å². The Morgan fingerprint density at radius 3 is 2.76 bits per heavy atom. The van der Waals surface area contributed by atoms with Crippen LogP contribution in [0.5, 0.6) is 0 Å². The molecule has 94 valence electrons. The van der Waals surface area contributed by atoms with Gasteiger partial charge in [-0.15, -0.1) is 0 Å². The van der Waals surface area contributed by atoms with Gasteiger partial charge in [0.1, 0.15) is 0 Å². The Morgan fingerprint density at radius 2 is 2.06 bits per heavy atom. The predicted octanol–water partition coefficient (Wildman–Crippen LogP) is 2.83. The summed E-state index contributed by atoms with van der Waals surface area (Å²) in [4.78, 5) is 2.57. The number of hydrogen-bond donors (Lipinski definition) is 1. The minimum Gasteiger partial charge on any atom is -0.367 e. The zero-order chi connectivity index (χ0) is 12.3. The Kier molecular flexibility index (Phi) is 4.06. The van der Waals surface area contributed by atoms with E-state index in [9.17, 15) is 0 Å². The van der Waals surface area contributed by atoms with Crippen LogP contribution < -0.4 is 10.2 Å². The Bertz CT molecular complexity index is 360. The standard InChI is InChI=1S/C15H24N2/c1-4-14(11-16-12(2)3)17-10-9-13-7-5-6-8-15(13)17/h5-8,12,14,16H,4,9-11H2,1-3H3. The van der Waals surface area contributed by atoms with Crippen LogP contribution in [0.2, 0.25) is 0 Å². The van der Waals surface area contributed by atoms with Crippen LogP contribution in [0.25, 0.3) is 0 Å². The topological polar surface area (TPSA) is 15.3 Å². The highest BCUT2D eigenvalue weighted by Crippen LogP contribution is 2.29. The van der Waals surface area contributed by atoms with Crippen LogP contribution in [0.3, 0.4) is 0 Å². The molecule has 1 aliphatic rings. The molecule has 1 aliphatic heterocycles. The van der Waals surface area contributed by atoms with Crippen molar-refractivity contribution in [2.45, 2.75) is 45.7 Å². The van der Waals surface area contributed by atoms with Crippen LogP contribution in [-0.4, -0.2) is 25.2 Å². The van der Waals surface area contributed by atoms with Gasteiger partial charge in [-0.2, -0.15) is 0 Å². The molecular weight excluding hydrogens is 208 g/mol. The van der Waals surface area contributed by atoms with Gasteiger partial charge in [0.15, 0.2) is 0 Å². The lowest BCUT2D eigenvalue weighted by atomic mass is 10.1. The largest absolute Gasteiger partial charge is 0.367 e. The second kappa shape index (κ2) is 5.54. The van der Waals surface area contributed by atoms with Crippen LogP contribution in [0.15, 0.2) is 24.3 Å². The molecule has 1 N–H and O–H groups in total. The summed E-state index contributed by atoms with van der Waals surface area (Å²) in [6, 6.07) is 10.0. The van der Waals surface area contributed by atoms with Crippen molar-refractivity contribution >= 4 is 5.69 Å². The summed E-state index contributed by atoms with van der Waals surface area (Å²) in [5.74, 6) is 0. The van der Waals surface area contributed by atoms with E-state index in [1.54, 1.807) is 0 Å². The van der Waals surface area contributed by atoms with E-state index in [0.717, 1.165) is 6.54 Å². The second-order valence-corrected chi connectivity index (χ2v) is 5.20. The Morgan fingerprint density at radius 1 is 1.29 bits per heavy atom. The third-order valence-electron chi connectivity index (χ3n) is 3.60. The smallest absolute Gasteiger partial charge is 0.0412 e. The second-order valence-electron chi connectivity index (χ2n) is 5.20. The third-order valence-corrected chi connectivity index (χ3v) is 3.60. The Labute approximate surface area is 105 Å². The number of nitrogens with one attached hydrogen (secondary N) is 1. The molecule has 1 atom stereocenters. The fraction of sp³-hybridized carbons (Fsp3) is 0.600. The summed E-state index contributed by atoms with van der Waals surface area (Å²) < 4.78 is 0. The Balaban J connectivity index is 2.06. The molecule has 1 aromatic carbocycles. The molecule has 2 nitrogen and oxygen atoms in total. The van der Waals surface area contributed by atoms with Crippen molar-refractivity contribution in [3.05, 3.63) is 29.8 Å². The number of hydrogen-bond acceptors (Lipinski definition) is 2. The molecule has 0 aliphatic carbocycles. The number of nitrogens with zero attached hydrogens (tertiary/aromatic N) is 1. The van der Waals surface area contributed by atoms with Crippen LogP contribution in [-0.2, 0) is 6.42 Å². The minimum atomic E-state index is 0.571. The summed E-state index contributed by atoms with van der Waals surface area (Å²) >= 11 is 0. The molecule has 0 radical (unpaired) electrons. The average molecular weight is 232 g/mol. The molecule has 0 spiro atoms. The van der Waals surface area contributed by atoms with Gasteiger partial charge in [0.05, 0.1) is 0 Å². The van der Waals surface area contributed by atoms with Crippen LogP contribution in [0.4, 0.5) is 5.69 Å². The molecule has 1 unspecified atom stereocenters. The van der Waals surface area contributed by atoms with Crippen molar-refractivity contribution in [1.29, 1.82) is 0 Å². The maximum atomic E-state index is 3.56. The van der Waals surface area contributed by atoms with Gasteiger partial charge in [-0.3, -0.25) is 0 Å². The maximum absolute atomic E-state index is 3.56. The molecule has 1 heterocycles. The van der Waals surface area contributed by atoms with Crippen molar-refractivity contribution in [2.24, 2.45) is 0 Å². The summed E-state index contributed by atoms with van der Waals surface area (Å²) in [5, 5.41) is 3.56. The maximum Gasteiger partial charge on any atom is 0.0412 e. The number of para-hydroxylation sites is 1. The predicted molar refractivity (Wildman–Crippen MR) is 74.7 cm³/mol. The average Bonchev–Trinajstić information content (AvgIpc) is 2.74. The fourth-order valence-corrected chi connectivity index (χ4v) is 2.59. The molecule has 0 saturated heterocycles. The monoisotopic (exact) mass is 232 g/mol. The van der Waals surface area contributed by atoms with Gasteiger partial charge >= 0.3 is 0 Å². The zero-order valence-electron chi connectivity index (χ0n) is 11.2. The van der Waals surface area contributed by atoms with Gasteiger partial charge in [-0.1, -0.05) is 39.0 Å². The Hall–Kier alpha value is -1.02. The normalized spacial score (nSPS) is 16.4. The van der Waals surface area contributed by atoms with Gasteiger partial charge in [0.25, 0.3) is 0 Å². The van der Waals surface area contributed by atoms with E-state index in [1.165, 1.54) is 30.6 Å². The molecule has 0 fully saturated rings.